The molecule has 0 rings (SSSR count). The van der Waals surface area contributed by atoms with Crippen LogP contribution in [0.1, 0.15) is 245 Å². The number of nitrogens with zero attached hydrogens (tertiary/aromatic N) is 1. The Balaban J connectivity index is 4.27. The van der Waals surface area contributed by atoms with Crippen LogP contribution in [0.4, 0.5) is 0 Å². The quantitative estimate of drug-likeness (QED) is 0.0211. The molecule has 0 saturated carbocycles. The molecule has 0 amide bonds. The molecule has 0 aromatic carbocycles. The molecule has 0 aromatic rings. The minimum atomic E-state index is -1.53. The molecule has 0 spiro atoms. The molecular weight excluding hydrogens is 983 g/mol. The highest BCUT2D eigenvalue weighted by Crippen LogP contribution is 2.15. The average Bonchev–Trinajstić information content (AvgIpc) is 3.42. The van der Waals surface area contributed by atoms with Crippen LogP contribution < -0.4 is 0 Å². The van der Waals surface area contributed by atoms with E-state index in [1.807, 2.05) is 21.1 Å². The van der Waals surface area contributed by atoms with E-state index < -0.39 is 24.3 Å². The summed E-state index contributed by atoms with van der Waals surface area (Å²) in [6, 6.07) is 0. The smallest absolute Gasteiger partial charge is 0.361 e. The lowest BCUT2D eigenvalue weighted by Crippen LogP contribution is -2.40. The van der Waals surface area contributed by atoms with Crippen LogP contribution in [0.15, 0.2) is 122 Å². The van der Waals surface area contributed by atoms with Gasteiger partial charge >= 0.3 is 17.9 Å². The van der Waals surface area contributed by atoms with E-state index in [9.17, 15) is 19.5 Å². The zero-order valence-corrected chi connectivity index (χ0v) is 51.2. The average molecular weight is 1100 g/mol. The van der Waals surface area contributed by atoms with Crippen molar-refractivity contribution in [1.29, 1.82) is 0 Å². The second-order valence-electron chi connectivity index (χ2n) is 22.0. The highest BCUT2D eigenvalue weighted by molar-refractivity contribution is 5.71. The van der Waals surface area contributed by atoms with Crippen molar-refractivity contribution >= 4 is 17.9 Å². The van der Waals surface area contributed by atoms with Gasteiger partial charge in [-0.05, 0) is 109 Å². The third-order valence-electron chi connectivity index (χ3n) is 13.2. The molecule has 0 aromatic heterocycles. The van der Waals surface area contributed by atoms with Gasteiger partial charge in [0.25, 0.3) is 6.29 Å². The number of quaternary nitrogens is 1. The maximum absolute atomic E-state index is 12.9. The van der Waals surface area contributed by atoms with E-state index in [1.165, 1.54) is 116 Å². The second-order valence-corrected chi connectivity index (χ2v) is 22.0. The van der Waals surface area contributed by atoms with Crippen LogP contribution in [0.5, 0.6) is 0 Å². The van der Waals surface area contributed by atoms with Crippen LogP contribution in [0.2, 0.25) is 0 Å². The third-order valence-corrected chi connectivity index (χ3v) is 13.2. The van der Waals surface area contributed by atoms with Gasteiger partial charge in [0.15, 0.2) is 6.10 Å². The Hall–Kier alpha value is -4.31. The van der Waals surface area contributed by atoms with Crippen LogP contribution >= 0.6 is 0 Å². The number of carbonyl (C=O) groups excluding carboxylic acids is 2. The number of carbonyl (C=O) groups is 3. The minimum absolute atomic E-state index is 0.174. The van der Waals surface area contributed by atoms with Gasteiger partial charge in [-0.15, -0.1) is 0 Å². The predicted octanol–water partition coefficient (Wildman–Crippen LogP) is 19.2. The number of aliphatic carboxylic acids is 1. The Bertz CT molecular complexity index is 1710. The standard InChI is InChI=1S/C70H117NO8/c1-6-8-10-12-14-16-18-20-22-24-26-28-30-32-33-34-35-37-38-40-42-44-46-48-50-52-54-56-58-60-67(72)77-64-66(65-78-70(69(74)75)76-63-62-71(3,4)5)79-68(73)61-59-57-55-53-51-49-47-45-43-41-39-36-31-29-27-25-23-21-19-17-15-13-11-9-7-2/h9,11,15,17-18,20-21,23-24,26-27,29-30,32,36,39,43,45,49,51,66,70H,6-8,10,12-14,16,19,22,25,28,31,33-35,37-38,40-42,44,46-48,50,52-65H2,1-5H3/p+1/b11-9-,17-15-,20-18-,23-21-,26-24-,29-27-,32-30-,39-36-,45-43-,51-49-. The van der Waals surface area contributed by atoms with Crippen molar-refractivity contribution < 1.29 is 42.9 Å². The van der Waals surface area contributed by atoms with Gasteiger partial charge < -0.3 is 28.5 Å². The Labute approximate surface area is 485 Å². The van der Waals surface area contributed by atoms with E-state index in [1.54, 1.807) is 0 Å². The highest BCUT2D eigenvalue weighted by Gasteiger charge is 2.25. The molecule has 0 radical (unpaired) electrons. The van der Waals surface area contributed by atoms with Crippen LogP contribution in [-0.4, -0.2) is 87.4 Å². The van der Waals surface area contributed by atoms with Crippen LogP contribution in [-0.2, 0) is 33.3 Å². The Morgan fingerprint density at radius 1 is 0.392 bits per heavy atom. The number of rotatable bonds is 57. The fraction of sp³-hybridized carbons (Fsp3) is 0.671. The molecule has 1 N–H and O–H groups in total. The maximum atomic E-state index is 12.9. The number of likely N-dealkylation sites (N-methyl/N-ethyl adjacent to an activating group) is 1. The largest absolute Gasteiger partial charge is 0.477 e. The molecule has 79 heavy (non-hydrogen) atoms. The summed E-state index contributed by atoms with van der Waals surface area (Å²) in [5.41, 5.74) is 0. The fourth-order valence-electron chi connectivity index (χ4n) is 8.35. The fourth-order valence-corrected chi connectivity index (χ4v) is 8.35. The van der Waals surface area contributed by atoms with Crippen LogP contribution in [0.25, 0.3) is 0 Å². The predicted molar refractivity (Wildman–Crippen MR) is 336 cm³/mol. The van der Waals surface area contributed by atoms with E-state index >= 15 is 0 Å². The number of hydrogen-bond donors (Lipinski definition) is 1. The zero-order chi connectivity index (χ0) is 57.6. The summed E-state index contributed by atoms with van der Waals surface area (Å²) in [5, 5.41) is 9.72. The maximum Gasteiger partial charge on any atom is 0.361 e. The molecule has 9 heteroatoms. The first-order chi connectivity index (χ1) is 38.6. The number of carboxylic acids is 1. The number of hydrogen-bond acceptors (Lipinski definition) is 7. The third kappa shape index (κ3) is 61.2. The van der Waals surface area contributed by atoms with E-state index in [0.29, 0.717) is 17.4 Å². The molecule has 2 atom stereocenters. The Morgan fingerprint density at radius 3 is 1.09 bits per heavy atom. The van der Waals surface area contributed by atoms with E-state index in [0.717, 1.165) is 96.3 Å². The van der Waals surface area contributed by atoms with Gasteiger partial charge in [-0.1, -0.05) is 245 Å². The van der Waals surface area contributed by atoms with Gasteiger partial charge in [0, 0.05) is 12.8 Å². The zero-order valence-electron chi connectivity index (χ0n) is 51.2. The van der Waals surface area contributed by atoms with Crippen molar-refractivity contribution in [3.63, 3.8) is 0 Å². The molecule has 0 bridgehead atoms. The lowest BCUT2D eigenvalue weighted by molar-refractivity contribution is -0.870. The summed E-state index contributed by atoms with van der Waals surface area (Å²) >= 11 is 0. The van der Waals surface area contributed by atoms with Gasteiger partial charge in [0.05, 0.1) is 34.4 Å². The van der Waals surface area contributed by atoms with Gasteiger partial charge in [-0.2, -0.15) is 0 Å². The van der Waals surface area contributed by atoms with Crippen molar-refractivity contribution in [3.05, 3.63) is 122 Å². The molecule has 0 saturated heterocycles. The Morgan fingerprint density at radius 2 is 0.722 bits per heavy atom. The molecule has 0 aliphatic carbocycles. The van der Waals surface area contributed by atoms with Gasteiger partial charge in [-0.25, -0.2) is 4.79 Å². The minimum Gasteiger partial charge on any atom is -0.477 e. The number of esters is 2. The van der Waals surface area contributed by atoms with Crippen molar-refractivity contribution in [2.24, 2.45) is 0 Å². The first-order valence-electron chi connectivity index (χ1n) is 31.7. The molecule has 9 nitrogen and oxygen atoms in total. The molecule has 0 fully saturated rings. The molecule has 450 valence electrons. The van der Waals surface area contributed by atoms with Crippen LogP contribution in [0.3, 0.4) is 0 Å². The molecule has 0 aliphatic heterocycles. The second kappa shape index (κ2) is 59.8. The lowest BCUT2D eigenvalue weighted by Gasteiger charge is -2.25. The summed E-state index contributed by atoms with van der Waals surface area (Å²) in [7, 11) is 5.95. The van der Waals surface area contributed by atoms with Crippen molar-refractivity contribution in [2.45, 2.75) is 257 Å². The monoisotopic (exact) mass is 1100 g/mol. The normalized spacial score (nSPS) is 13.6. The van der Waals surface area contributed by atoms with E-state index in [-0.39, 0.29) is 38.6 Å². The highest BCUT2D eigenvalue weighted by atomic mass is 16.7. The topological polar surface area (TPSA) is 108 Å². The van der Waals surface area contributed by atoms with Gasteiger partial charge in [0.2, 0.25) is 0 Å². The van der Waals surface area contributed by atoms with Crippen LogP contribution in [0, 0.1) is 0 Å². The Kier molecular flexibility index (Phi) is 56.5. The molecule has 0 aliphatic rings. The first kappa shape index (κ1) is 74.7. The van der Waals surface area contributed by atoms with E-state index in [2.05, 4.69) is 135 Å². The molecule has 0 heterocycles. The number of carboxylic acid groups (broad SMARTS) is 1. The first-order valence-corrected chi connectivity index (χ1v) is 31.7. The summed E-state index contributed by atoms with van der Waals surface area (Å²) in [6.07, 6.45) is 81.4. The SMILES string of the molecule is CC/C=C\C/C=C\C/C=C\C/C=C\C/C=C\C/C=C\C/C=C\CCCCCC(=O)OC(COC(=O)CCCCCCCCCCCCCCCC/C=C\C/C=C\C/C=C\CCCCCCC)COC(OCC[N+](C)(C)C)C(=O)O. The van der Waals surface area contributed by atoms with Crippen molar-refractivity contribution in [1.82, 2.24) is 0 Å². The summed E-state index contributed by atoms with van der Waals surface area (Å²) in [4.78, 5) is 37.5. The number of unbranched alkanes of at least 4 members (excludes halogenated alkanes) is 22. The summed E-state index contributed by atoms with van der Waals surface area (Å²) in [5.74, 6) is -2.06. The summed E-state index contributed by atoms with van der Waals surface area (Å²) in [6.45, 7) is 4.71. The lowest BCUT2D eigenvalue weighted by atomic mass is 10.0. The molecule has 2 unspecified atom stereocenters. The molecular formula is C70H118NO8+. The number of allylic oxidation sites excluding steroid dienone is 20. The van der Waals surface area contributed by atoms with Gasteiger partial charge in [0.1, 0.15) is 13.2 Å². The van der Waals surface area contributed by atoms with Crippen molar-refractivity contribution in [3.8, 4) is 0 Å². The van der Waals surface area contributed by atoms with E-state index in [4.69, 9.17) is 18.9 Å². The number of ether oxygens (including phenoxy) is 4. The summed E-state index contributed by atoms with van der Waals surface area (Å²) < 4.78 is 22.9. The van der Waals surface area contributed by atoms with Crippen molar-refractivity contribution in [2.75, 3.05) is 47.5 Å². The van der Waals surface area contributed by atoms with Gasteiger partial charge in [-0.3, -0.25) is 9.59 Å².